The molecular weight excluding hydrogens is 384 g/mol. The summed E-state index contributed by atoms with van der Waals surface area (Å²) in [6, 6.07) is 18.4. The molecule has 3 N–H and O–H groups in total. The highest BCUT2D eigenvalue weighted by molar-refractivity contribution is 6.10. The third-order valence-corrected chi connectivity index (χ3v) is 6.27. The molecule has 2 aromatic carbocycles. The molecule has 3 aromatic rings. The second-order valence-electron chi connectivity index (χ2n) is 8.47. The lowest BCUT2D eigenvalue weighted by Gasteiger charge is -2.32. The summed E-state index contributed by atoms with van der Waals surface area (Å²) in [5.41, 5.74) is 10.6. The average molecular weight is 415 g/mol. The largest absolute Gasteiger partial charge is 0.402 e. The summed E-state index contributed by atoms with van der Waals surface area (Å²) < 4.78 is 2.31. The van der Waals surface area contributed by atoms with Crippen LogP contribution in [0.5, 0.6) is 0 Å². The van der Waals surface area contributed by atoms with Crippen molar-refractivity contribution in [2.75, 3.05) is 13.1 Å². The van der Waals surface area contributed by atoms with Crippen molar-refractivity contribution < 1.29 is 4.79 Å². The zero-order valence-corrected chi connectivity index (χ0v) is 18.1. The van der Waals surface area contributed by atoms with Gasteiger partial charge in [0.1, 0.15) is 0 Å². The van der Waals surface area contributed by atoms with Gasteiger partial charge in [-0.1, -0.05) is 36.4 Å². The first-order chi connectivity index (χ1) is 15.0. The van der Waals surface area contributed by atoms with Gasteiger partial charge >= 0.3 is 0 Å². The van der Waals surface area contributed by atoms with Gasteiger partial charge in [0.05, 0.1) is 6.42 Å². The van der Waals surface area contributed by atoms with Gasteiger partial charge in [0, 0.05) is 54.2 Å². The molecule has 0 saturated carbocycles. The number of nitrogens with one attached hydrogen (secondary N) is 1. The molecule has 1 aliphatic heterocycles. The van der Waals surface area contributed by atoms with Crippen molar-refractivity contribution in [2.24, 2.45) is 11.7 Å². The maximum atomic E-state index is 12.6. The number of hydrogen-bond acceptors (Lipinski definition) is 3. The first kappa shape index (κ1) is 20.9. The standard InChI is InChI=1S/C26H30N4O/c1-19(28)24(17-27)22-7-8-25-23(16-22)11-14-30(25)18-21-9-12-29(13-10-21)26(31)15-20-5-3-2-4-6-20/h2-8,11,14,16-17,21,27H,9-10,12-13,15,18,28H2,1H3/b24-19+,27-17?. The zero-order valence-electron chi connectivity index (χ0n) is 18.1. The van der Waals surface area contributed by atoms with Crippen molar-refractivity contribution in [3.05, 3.63) is 77.6 Å². The molecule has 1 aliphatic rings. The lowest BCUT2D eigenvalue weighted by atomic mass is 9.96. The van der Waals surface area contributed by atoms with Crippen molar-refractivity contribution in [1.82, 2.24) is 9.47 Å². The molecule has 5 nitrogen and oxygen atoms in total. The summed E-state index contributed by atoms with van der Waals surface area (Å²) in [5, 5.41) is 8.79. The Morgan fingerprint density at radius 2 is 1.87 bits per heavy atom. The minimum absolute atomic E-state index is 0.230. The number of likely N-dealkylation sites (tertiary alicyclic amines) is 1. The molecule has 1 aromatic heterocycles. The topological polar surface area (TPSA) is 75.1 Å². The van der Waals surface area contributed by atoms with E-state index in [9.17, 15) is 4.79 Å². The van der Waals surface area contributed by atoms with Crippen LogP contribution < -0.4 is 5.73 Å². The van der Waals surface area contributed by atoms with Crippen LogP contribution in [0.15, 0.2) is 66.5 Å². The number of allylic oxidation sites excluding steroid dienone is 2. The SMILES string of the molecule is C/C(N)=C(/C=N)c1ccc2c(ccn2CC2CCN(C(=O)Cc3ccccc3)CC2)c1. The molecule has 0 bridgehead atoms. The number of rotatable bonds is 6. The Bertz CT molecular complexity index is 1100. The fourth-order valence-electron chi connectivity index (χ4n) is 4.48. The molecule has 5 heteroatoms. The molecule has 1 amide bonds. The van der Waals surface area contributed by atoms with Gasteiger partial charge in [0.15, 0.2) is 0 Å². The van der Waals surface area contributed by atoms with E-state index in [2.05, 4.69) is 29.0 Å². The summed E-state index contributed by atoms with van der Waals surface area (Å²) in [7, 11) is 0. The fourth-order valence-corrected chi connectivity index (χ4v) is 4.48. The summed E-state index contributed by atoms with van der Waals surface area (Å²) in [5.74, 6) is 0.799. The Morgan fingerprint density at radius 1 is 1.13 bits per heavy atom. The maximum absolute atomic E-state index is 12.6. The summed E-state index contributed by atoms with van der Waals surface area (Å²) in [6.45, 7) is 4.46. The molecule has 4 rings (SSSR count). The Balaban J connectivity index is 1.38. The van der Waals surface area contributed by atoms with E-state index in [1.165, 1.54) is 11.7 Å². The minimum Gasteiger partial charge on any atom is -0.402 e. The van der Waals surface area contributed by atoms with Crippen LogP contribution in [0.3, 0.4) is 0 Å². The van der Waals surface area contributed by atoms with Gasteiger partial charge < -0.3 is 20.6 Å². The molecule has 0 atom stereocenters. The minimum atomic E-state index is 0.230. The van der Waals surface area contributed by atoms with Gasteiger partial charge in [-0.2, -0.15) is 0 Å². The quantitative estimate of drug-likeness (QED) is 0.584. The first-order valence-corrected chi connectivity index (χ1v) is 10.9. The van der Waals surface area contributed by atoms with Gasteiger partial charge in [-0.3, -0.25) is 4.79 Å². The molecule has 0 radical (unpaired) electrons. The van der Waals surface area contributed by atoms with E-state index in [1.54, 1.807) is 0 Å². The average Bonchev–Trinajstić information content (AvgIpc) is 3.17. The van der Waals surface area contributed by atoms with Gasteiger partial charge in [-0.15, -0.1) is 0 Å². The molecule has 2 heterocycles. The number of benzene rings is 2. The van der Waals surface area contributed by atoms with Crippen molar-refractivity contribution in [3.63, 3.8) is 0 Å². The fraction of sp³-hybridized carbons (Fsp3) is 0.308. The predicted octanol–water partition coefficient (Wildman–Crippen LogP) is 4.46. The van der Waals surface area contributed by atoms with E-state index >= 15 is 0 Å². The Hall–Kier alpha value is -3.34. The summed E-state index contributed by atoms with van der Waals surface area (Å²) in [6.07, 6.45) is 6.02. The number of amides is 1. The van der Waals surface area contributed by atoms with Crippen LogP contribution in [0.25, 0.3) is 16.5 Å². The Kier molecular flexibility index (Phi) is 6.21. The number of hydrogen-bond donors (Lipinski definition) is 2. The van der Waals surface area contributed by atoms with Crippen molar-refractivity contribution in [1.29, 1.82) is 5.41 Å². The summed E-state index contributed by atoms with van der Waals surface area (Å²) >= 11 is 0. The van der Waals surface area contributed by atoms with Crippen molar-refractivity contribution in [3.8, 4) is 0 Å². The van der Waals surface area contributed by atoms with Crippen LogP contribution in [-0.2, 0) is 17.8 Å². The van der Waals surface area contributed by atoms with Crippen molar-refractivity contribution in [2.45, 2.75) is 32.7 Å². The normalized spacial score (nSPS) is 15.7. The lowest BCUT2D eigenvalue weighted by Crippen LogP contribution is -2.40. The number of carbonyl (C=O) groups excluding carboxylic acids is 1. The van der Waals surface area contributed by atoms with Crippen LogP contribution in [0.2, 0.25) is 0 Å². The van der Waals surface area contributed by atoms with E-state index in [0.29, 0.717) is 18.0 Å². The number of piperidine rings is 1. The molecule has 0 spiro atoms. The van der Waals surface area contributed by atoms with Crippen LogP contribution in [0.4, 0.5) is 0 Å². The Morgan fingerprint density at radius 3 is 2.55 bits per heavy atom. The highest BCUT2D eigenvalue weighted by atomic mass is 16.2. The van der Waals surface area contributed by atoms with Crippen LogP contribution >= 0.6 is 0 Å². The van der Waals surface area contributed by atoms with E-state index in [1.807, 2.05) is 48.2 Å². The van der Waals surface area contributed by atoms with Gasteiger partial charge in [-0.25, -0.2) is 0 Å². The highest BCUT2D eigenvalue weighted by Gasteiger charge is 2.23. The van der Waals surface area contributed by atoms with Crippen molar-refractivity contribution >= 4 is 28.6 Å². The van der Waals surface area contributed by atoms with Crippen LogP contribution in [0, 0.1) is 11.3 Å². The molecule has 1 fully saturated rings. The first-order valence-electron chi connectivity index (χ1n) is 10.9. The highest BCUT2D eigenvalue weighted by Crippen LogP contribution is 2.26. The molecule has 160 valence electrons. The second kappa shape index (κ2) is 9.21. The van der Waals surface area contributed by atoms with E-state index < -0.39 is 0 Å². The second-order valence-corrected chi connectivity index (χ2v) is 8.47. The Labute approximate surface area is 183 Å². The predicted molar refractivity (Wildman–Crippen MR) is 127 cm³/mol. The third-order valence-electron chi connectivity index (χ3n) is 6.27. The lowest BCUT2D eigenvalue weighted by molar-refractivity contribution is -0.131. The smallest absolute Gasteiger partial charge is 0.226 e. The van der Waals surface area contributed by atoms with E-state index in [4.69, 9.17) is 11.1 Å². The monoisotopic (exact) mass is 414 g/mol. The van der Waals surface area contributed by atoms with E-state index in [0.717, 1.165) is 54.6 Å². The number of nitrogens with two attached hydrogens (primary N) is 1. The number of carbonyl (C=O) groups is 1. The molecular formula is C26H30N4O. The van der Waals surface area contributed by atoms with Gasteiger partial charge in [-0.05, 0) is 55.0 Å². The zero-order chi connectivity index (χ0) is 21.8. The maximum Gasteiger partial charge on any atom is 0.226 e. The number of fused-ring (bicyclic) bond motifs is 1. The molecule has 1 saturated heterocycles. The van der Waals surface area contributed by atoms with Gasteiger partial charge in [0.2, 0.25) is 5.91 Å². The number of nitrogens with zero attached hydrogens (tertiary/aromatic N) is 2. The van der Waals surface area contributed by atoms with E-state index in [-0.39, 0.29) is 5.91 Å². The molecule has 0 aliphatic carbocycles. The van der Waals surface area contributed by atoms with Crippen LogP contribution in [0.1, 0.15) is 30.9 Å². The van der Waals surface area contributed by atoms with Gasteiger partial charge in [0.25, 0.3) is 0 Å². The van der Waals surface area contributed by atoms with Crippen LogP contribution in [-0.4, -0.2) is 34.7 Å². The summed E-state index contributed by atoms with van der Waals surface area (Å²) in [4.78, 5) is 14.6. The third kappa shape index (κ3) is 4.71. The number of aromatic nitrogens is 1. The molecule has 0 unspecified atom stereocenters. The molecule has 31 heavy (non-hydrogen) atoms.